The van der Waals surface area contributed by atoms with Crippen LogP contribution in [-0.2, 0) is 9.53 Å². The van der Waals surface area contributed by atoms with Gasteiger partial charge in [0, 0.05) is 5.41 Å². The Morgan fingerprint density at radius 3 is 2.50 bits per heavy atom. The highest BCUT2D eigenvalue weighted by atomic mass is 35.5. The first-order valence-corrected chi connectivity index (χ1v) is 14.5. The van der Waals surface area contributed by atoms with Gasteiger partial charge in [0.2, 0.25) is 0 Å². The minimum Gasteiger partial charge on any atom is -0.461 e. The van der Waals surface area contributed by atoms with Crippen molar-refractivity contribution in [1.82, 2.24) is 0 Å². The van der Waals surface area contributed by atoms with E-state index in [9.17, 15) is 4.79 Å². The minimum atomic E-state index is -0.189. The molecule has 0 aromatic carbocycles. The van der Waals surface area contributed by atoms with E-state index in [4.69, 9.17) is 16.3 Å². The predicted molar refractivity (Wildman–Crippen MR) is 131 cm³/mol. The van der Waals surface area contributed by atoms with Crippen molar-refractivity contribution in [3.8, 4) is 0 Å². The molecule has 5 aliphatic rings. The van der Waals surface area contributed by atoms with Crippen LogP contribution in [0.3, 0.4) is 0 Å². The molecule has 0 unspecified atom stereocenters. The molecule has 5 rings (SSSR count). The number of esters is 1. The molecule has 0 aliphatic heterocycles. The van der Waals surface area contributed by atoms with E-state index >= 15 is 0 Å². The highest BCUT2D eigenvalue weighted by Gasteiger charge is 2.78. The molecule has 0 amide bonds. The number of halogens is 1. The summed E-state index contributed by atoms with van der Waals surface area (Å²) in [4.78, 5) is 12.3. The quantitative estimate of drug-likeness (QED) is 0.284. The summed E-state index contributed by atoms with van der Waals surface area (Å²) in [5.41, 5.74) is 1.15. The van der Waals surface area contributed by atoms with Gasteiger partial charge in [-0.2, -0.15) is 0 Å². The number of hydrogen-bond donors (Lipinski definition) is 0. The molecule has 0 saturated heterocycles. The first-order valence-electron chi connectivity index (χ1n) is 13.9. The van der Waals surface area contributed by atoms with E-state index in [-0.39, 0.29) is 23.4 Å². The second-order valence-corrected chi connectivity index (χ2v) is 13.9. The Morgan fingerprint density at radius 1 is 1.03 bits per heavy atom. The van der Waals surface area contributed by atoms with Gasteiger partial charge >= 0.3 is 5.97 Å². The maximum atomic E-state index is 12.3. The molecular formula is C29H47ClO2. The van der Waals surface area contributed by atoms with E-state index < -0.39 is 0 Å². The number of carbonyl (C=O) groups excluding carboxylic acids is 1. The van der Waals surface area contributed by atoms with Crippen molar-refractivity contribution in [2.24, 2.45) is 57.7 Å². The number of fused-ring (bicyclic) bond motifs is 4. The molecule has 1 spiro atoms. The summed E-state index contributed by atoms with van der Waals surface area (Å²) >= 11 is 5.90. The smallest absolute Gasteiger partial charge is 0.321 e. The topological polar surface area (TPSA) is 26.3 Å². The third-order valence-corrected chi connectivity index (χ3v) is 12.3. The second kappa shape index (κ2) is 8.17. The Morgan fingerprint density at radius 2 is 1.81 bits per heavy atom. The lowest BCUT2D eigenvalue weighted by Gasteiger charge is -2.60. The third kappa shape index (κ3) is 3.27. The lowest BCUT2D eigenvalue weighted by atomic mass is 9.45. The Balaban J connectivity index is 1.37. The largest absolute Gasteiger partial charge is 0.461 e. The molecule has 10 atom stereocenters. The van der Waals surface area contributed by atoms with Crippen LogP contribution >= 0.6 is 11.6 Å². The Kier molecular flexibility index (Phi) is 6.00. The van der Waals surface area contributed by atoms with Crippen molar-refractivity contribution < 1.29 is 9.53 Å². The summed E-state index contributed by atoms with van der Waals surface area (Å²) in [6.07, 6.45) is 15.1. The fraction of sp³-hybridized carbons (Fsp3) is 0.966. The number of ether oxygens (including phenoxy) is 1. The maximum absolute atomic E-state index is 12.3. The van der Waals surface area contributed by atoms with Gasteiger partial charge in [-0.05, 0) is 104 Å². The minimum absolute atomic E-state index is 0.000827. The van der Waals surface area contributed by atoms with Crippen molar-refractivity contribution in [3.05, 3.63) is 0 Å². The molecule has 0 radical (unpaired) electrons. The van der Waals surface area contributed by atoms with Crippen LogP contribution in [0.1, 0.15) is 105 Å². The van der Waals surface area contributed by atoms with Crippen LogP contribution in [0, 0.1) is 57.7 Å². The number of carbonyl (C=O) groups is 1. The van der Waals surface area contributed by atoms with Crippen LogP contribution in [0.15, 0.2) is 0 Å². The van der Waals surface area contributed by atoms with Gasteiger partial charge in [-0.1, -0.05) is 53.9 Å². The van der Waals surface area contributed by atoms with Gasteiger partial charge in [-0.25, -0.2) is 0 Å². The van der Waals surface area contributed by atoms with Gasteiger partial charge in [0.1, 0.15) is 12.0 Å². The zero-order chi connectivity index (χ0) is 22.9. The van der Waals surface area contributed by atoms with Crippen molar-refractivity contribution >= 4 is 17.6 Å². The highest BCUT2D eigenvalue weighted by Crippen LogP contribution is 2.82. The third-order valence-electron chi connectivity index (χ3n) is 12.1. The molecular weight excluding hydrogens is 416 g/mol. The van der Waals surface area contributed by atoms with E-state index in [2.05, 4.69) is 34.6 Å². The van der Waals surface area contributed by atoms with Crippen molar-refractivity contribution in [1.29, 1.82) is 0 Å². The zero-order valence-corrected chi connectivity index (χ0v) is 22.1. The highest BCUT2D eigenvalue weighted by molar-refractivity contribution is 6.26. The van der Waals surface area contributed by atoms with Gasteiger partial charge in [0.05, 0.1) is 0 Å². The summed E-state index contributed by atoms with van der Waals surface area (Å²) in [5, 5.41) is 0. The molecule has 32 heavy (non-hydrogen) atoms. The van der Waals surface area contributed by atoms with E-state index in [0.29, 0.717) is 10.8 Å². The first-order chi connectivity index (χ1) is 15.2. The van der Waals surface area contributed by atoms with Crippen LogP contribution in [0.4, 0.5) is 0 Å². The molecule has 182 valence electrons. The van der Waals surface area contributed by atoms with Crippen LogP contribution in [0.2, 0.25) is 0 Å². The summed E-state index contributed by atoms with van der Waals surface area (Å²) in [7, 11) is 0. The summed E-state index contributed by atoms with van der Waals surface area (Å²) < 4.78 is 6.17. The van der Waals surface area contributed by atoms with Crippen LogP contribution in [0.25, 0.3) is 0 Å². The Hall–Kier alpha value is -0.240. The molecule has 2 nitrogen and oxygen atoms in total. The maximum Gasteiger partial charge on any atom is 0.321 e. The van der Waals surface area contributed by atoms with Gasteiger partial charge < -0.3 is 4.74 Å². The molecule has 5 saturated carbocycles. The molecule has 5 aliphatic carbocycles. The molecule has 0 bridgehead atoms. The molecule has 0 N–H and O–H groups in total. The SMILES string of the molecule is CC(C)CCC[C@H](C)[C@H]1CC[C@H]2[C@@H]3C[C@H](OC(=O)CCl)[C@]45C[C@H]4CC[C@]5(C)[C@H]3CC[C@]12C. The first kappa shape index (κ1) is 23.5. The van der Waals surface area contributed by atoms with Gasteiger partial charge in [-0.15, -0.1) is 11.6 Å². The summed E-state index contributed by atoms with van der Waals surface area (Å²) in [6, 6.07) is 0. The Labute approximate surface area is 202 Å². The van der Waals surface area contributed by atoms with E-state index in [1.54, 1.807) is 0 Å². The summed E-state index contributed by atoms with van der Waals surface area (Å²) in [5.74, 6) is 5.56. The van der Waals surface area contributed by atoms with Crippen molar-refractivity contribution in [3.63, 3.8) is 0 Å². The predicted octanol–water partition coefficient (Wildman–Crippen LogP) is 7.87. The monoisotopic (exact) mass is 462 g/mol. The van der Waals surface area contributed by atoms with Crippen LogP contribution in [-0.4, -0.2) is 18.0 Å². The van der Waals surface area contributed by atoms with Crippen molar-refractivity contribution in [2.45, 2.75) is 111 Å². The molecule has 0 heterocycles. The fourth-order valence-corrected chi connectivity index (χ4v) is 10.7. The van der Waals surface area contributed by atoms with Crippen LogP contribution in [0.5, 0.6) is 0 Å². The molecule has 5 fully saturated rings. The zero-order valence-electron chi connectivity index (χ0n) is 21.3. The number of rotatable bonds is 7. The molecule has 3 heteroatoms. The van der Waals surface area contributed by atoms with E-state index in [1.165, 1.54) is 64.2 Å². The normalized spacial score (nSPS) is 49.7. The second-order valence-electron chi connectivity index (χ2n) is 13.7. The average Bonchev–Trinajstić information content (AvgIpc) is 3.26. The molecule has 0 aromatic rings. The number of alkyl halides is 1. The van der Waals surface area contributed by atoms with Crippen LogP contribution < -0.4 is 0 Å². The summed E-state index contributed by atoms with van der Waals surface area (Å²) in [6.45, 7) is 12.5. The standard InChI is InChI=1S/C29H47ClO2/c1-18(2)7-6-8-19(3)22-9-10-23-21-15-25(32-26(31)17-30)29-16-20(29)11-14-28(29,5)24(21)12-13-27(22,23)4/h18-25H,6-17H2,1-5H3/t19-,20+,21-,22+,23-,24-,25-,27+,28+,29-/m0/s1. The van der Waals surface area contributed by atoms with E-state index in [1.807, 2.05) is 0 Å². The van der Waals surface area contributed by atoms with Gasteiger partial charge in [0.25, 0.3) is 0 Å². The van der Waals surface area contributed by atoms with E-state index in [0.717, 1.165) is 47.8 Å². The average molecular weight is 463 g/mol. The lowest BCUT2D eigenvalue weighted by molar-refractivity contribution is -0.182. The Bertz CT molecular complexity index is 735. The lowest BCUT2D eigenvalue weighted by Crippen LogP contribution is -2.57. The van der Waals surface area contributed by atoms with Gasteiger partial charge in [0.15, 0.2) is 0 Å². The van der Waals surface area contributed by atoms with Gasteiger partial charge in [-0.3, -0.25) is 4.79 Å². The van der Waals surface area contributed by atoms with Crippen molar-refractivity contribution in [2.75, 3.05) is 5.88 Å². The number of hydrogen-bond acceptors (Lipinski definition) is 2. The fourth-order valence-electron chi connectivity index (χ4n) is 10.6. The molecule has 0 aromatic heterocycles.